The summed E-state index contributed by atoms with van der Waals surface area (Å²) in [6, 6.07) is 5.72. The molecule has 1 unspecified atom stereocenters. The number of carbonyl (C=O) groups excluding carboxylic acids is 1. The van der Waals surface area contributed by atoms with E-state index in [1.165, 1.54) is 0 Å². The Balaban J connectivity index is 1.89. The normalized spacial score (nSPS) is 19.1. The van der Waals surface area contributed by atoms with E-state index in [1.54, 1.807) is 4.90 Å². The van der Waals surface area contributed by atoms with Crippen LogP contribution in [-0.2, 0) is 4.79 Å². The zero-order valence-corrected chi connectivity index (χ0v) is 11.8. The van der Waals surface area contributed by atoms with Gasteiger partial charge in [0.1, 0.15) is 5.75 Å². The van der Waals surface area contributed by atoms with Crippen molar-refractivity contribution in [3.05, 3.63) is 28.2 Å². The van der Waals surface area contributed by atoms with Gasteiger partial charge in [0.15, 0.2) is 6.61 Å². The molecule has 1 heterocycles. The Bertz CT molecular complexity index is 450. The molecule has 0 radical (unpaired) electrons. The van der Waals surface area contributed by atoms with Gasteiger partial charge >= 0.3 is 0 Å². The maximum absolute atomic E-state index is 11.8. The molecule has 1 amide bonds. The number of carbonyl (C=O) groups is 1. The molecular formula is C13H16BrNO3. The SMILES string of the molecule is Cc1ccc(OCC(=O)N2CCC(O)C2)c(Br)c1. The van der Waals surface area contributed by atoms with Gasteiger partial charge in [-0.3, -0.25) is 4.79 Å². The number of ether oxygens (including phenoxy) is 1. The fraction of sp³-hybridized carbons (Fsp3) is 0.462. The summed E-state index contributed by atoms with van der Waals surface area (Å²) < 4.78 is 6.33. The summed E-state index contributed by atoms with van der Waals surface area (Å²) in [6.07, 6.45) is 0.264. The van der Waals surface area contributed by atoms with E-state index in [0.29, 0.717) is 25.3 Å². The molecule has 1 fully saturated rings. The third kappa shape index (κ3) is 3.23. The molecular weight excluding hydrogens is 298 g/mol. The Kier molecular flexibility index (Phi) is 4.24. The van der Waals surface area contributed by atoms with Crippen LogP contribution in [-0.4, -0.2) is 41.7 Å². The van der Waals surface area contributed by atoms with Crippen molar-refractivity contribution in [1.82, 2.24) is 4.90 Å². The number of nitrogens with zero attached hydrogens (tertiary/aromatic N) is 1. The molecule has 1 aromatic carbocycles. The average Bonchev–Trinajstić information content (AvgIpc) is 2.74. The summed E-state index contributed by atoms with van der Waals surface area (Å²) in [6.45, 7) is 3.02. The van der Waals surface area contributed by atoms with Crippen LogP contribution >= 0.6 is 15.9 Å². The van der Waals surface area contributed by atoms with Gasteiger partial charge in [-0.25, -0.2) is 0 Å². The topological polar surface area (TPSA) is 49.8 Å². The lowest BCUT2D eigenvalue weighted by atomic mass is 10.2. The highest BCUT2D eigenvalue weighted by molar-refractivity contribution is 9.10. The Morgan fingerprint density at radius 1 is 1.61 bits per heavy atom. The molecule has 0 saturated carbocycles. The lowest BCUT2D eigenvalue weighted by molar-refractivity contribution is -0.132. The number of β-amino-alcohol motifs (C(OH)–C–C–N with tert-alkyl or cyclic N) is 1. The van der Waals surface area contributed by atoms with Gasteiger partial charge in [-0.2, -0.15) is 0 Å². The first-order chi connectivity index (χ1) is 8.56. The van der Waals surface area contributed by atoms with E-state index in [4.69, 9.17) is 4.74 Å². The number of rotatable bonds is 3. The van der Waals surface area contributed by atoms with Crippen LogP contribution in [0.4, 0.5) is 0 Å². The fourth-order valence-electron chi connectivity index (χ4n) is 1.92. The van der Waals surface area contributed by atoms with Gasteiger partial charge in [-0.1, -0.05) is 6.07 Å². The summed E-state index contributed by atoms with van der Waals surface area (Å²) in [7, 11) is 0. The number of hydrogen-bond donors (Lipinski definition) is 1. The Labute approximate surface area is 115 Å². The van der Waals surface area contributed by atoms with E-state index >= 15 is 0 Å². The van der Waals surface area contributed by atoms with Gasteiger partial charge in [0.05, 0.1) is 10.6 Å². The van der Waals surface area contributed by atoms with Gasteiger partial charge in [-0.15, -0.1) is 0 Å². The van der Waals surface area contributed by atoms with Crippen molar-refractivity contribution in [2.75, 3.05) is 19.7 Å². The van der Waals surface area contributed by atoms with Crippen LogP contribution in [0.3, 0.4) is 0 Å². The molecule has 98 valence electrons. The zero-order chi connectivity index (χ0) is 13.1. The van der Waals surface area contributed by atoms with Crippen LogP contribution < -0.4 is 4.74 Å². The van der Waals surface area contributed by atoms with E-state index < -0.39 is 0 Å². The van der Waals surface area contributed by atoms with Crippen molar-refractivity contribution >= 4 is 21.8 Å². The molecule has 1 saturated heterocycles. The highest BCUT2D eigenvalue weighted by Gasteiger charge is 2.24. The van der Waals surface area contributed by atoms with E-state index in [0.717, 1.165) is 10.0 Å². The van der Waals surface area contributed by atoms with Crippen LogP contribution in [0.1, 0.15) is 12.0 Å². The van der Waals surface area contributed by atoms with Crippen LogP contribution in [0.5, 0.6) is 5.75 Å². The van der Waals surface area contributed by atoms with Gasteiger partial charge in [0, 0.05) is 13.1 Å². The summed E-state index contributed by atoms with van der Waals surface area (Å²) >= 11 is 3.40. The molecule has 1 aromatic rings. The minimum atomic E-state index is -0.389. The number of likely N-dealkylation sites (tertiary alicyclic amines) is 1. The summed E-state index contributed by atoms with van der Waals surface area (Å²) in [5, 5.41) is 9.37. The second kappa shape index (κ2) is 5.71. The Hall–Kier alpha value is -1.07. The smallest absolute Gasteiger partial charge is 0.260 e. The standard InChI is InChI=1S/C13H16BrNO3/c1-9-2-3-12(11(14)6-9)18-8-13(17)15-5-4-10(16)7-15/h2-3,6,10,16H,4-5,7-8H2,1H3. The fourth-order valence-corrected chi connectivity index (χ4v) is 2.53. The number of hydrogen-bond acceptors (Lipinski definition) is 3. The summed E-state index contributed by atoms with van der Waals surface area (Å²) in [5.41, 5.74) is 1.13. The van der Waals surface area contributed by atoms with Crippen molar-refractivity contribution in [3.63, 3.8) is 0 Å². The molecule has 1 N–H and O–H groups in total. The first-order valence-electron chi connectivity index (χ1n) is 5.91. The third-order valence-corrected chi connectivity index (χ3v) is 3.57. The van der Waals surface area contributed by atoms with Gasteiger partial charge in [0.2, 0.25) is 0 Å². The monoisotopic (exact) mass is 313 g/mol. The van der Waals surface area contributed by atoms with Crippen molar-refractivity contribution in [1.29, 1.82) is 0 Å². The number of aryl methyl sites for hydroxylation is 1. The minimum absolute atomic E-state index is 0.00831. The molecule has 0 spiro atoms. The lowest BCUT2D eigenvalue weighted by Gasteiger charge is -2.16. The first kappa shape index (κ1) is 13.4. The van der Waals surface area contributed by atoms with Crippen molar-refractivity contribution < 1.29 is 14.6 Å². The molecule has 1 aliphatic heterocycles. The van der Waals surface area contributed by atoms with Gasteiger partial charge < -0.3 is 14.7 Å². The average molecular weight is 314 g/mol. The second-order valence-corrected chi connectivity index (χ2v) is 5.36. The lowest BCUT2D eigenvalue weighted by Crippen LogP contribution is -2.33. The molecule has 5 heteroatoms. The van der Waals surface area contributed by atoms with Gasteiger partial charge in [0.25, 0.3) is 5.91 Å². The number of aliphatic hydroxyl groups excluding tert-OH is 1. The summed E-state index contributed by atoms with van der Waals surface area (Å²) in [4.78, 5) is 13.4. The van der Waals surface area contributed by atoms with E-state index in [2.05, 4.69) is 15.9 Å². The van der Waals surface area contributed by atoms with Crippen molar-refractivity contribution in [2.45, 2.75) is 19.4 Å². The second-order valence-electron chi connectivity index (χ2n) is 4.50. The Morgan fingerprint density at radius 2 is 2.39 bits per heavy atom. The molecule has 1 aliphatic rings. The first-order valence-corrected chi connectivity index (χ1v) is 6.70. The van der Waals surface area contributed by atoms with Gasteiger partial charge in [-0.05, 0) is 47.0 Å². The van der Waals surface area contributed by atoms with Crippen molar-refractivity contribution in [3.8, 4) is 5.75 Å². The van der Waals surface area contributed by atoms with E-state index in [-0.39, 0.29) is 18.6 Å². The predicted octanol–water partition coefficient (Wildman–Crippen LogP) is 1.73. The van der Waals surface area contributed by atoms with Crippen LogP contribution in [0.15, 0.2) is 22.7 Å². The van der Waals surface area contributed by atoms with Crippen LogP contribution in [0, 0.1) is 6.92 Å². The van der Waals surface area contributed by atoms with Crippen molar-refractivity contribution in [2.24, 2.45) is 0 Å². The number of aliphatic hydroxyl groups is 1. The third-order valence-electron chi connectivity index (χ3n) is 2.95. The molecule has 0 aromatic heterocycles. The largest absolute Gasteiger partial charge is 0.483 e. The molecule has 2 rings (SSSR count). The van der Waals surface area contributed by atoms with E-state index in [9.17, 15) is 9.90 Å². The molecule has 1 atom stereocenters. The van der Waals surface area contributed by atoms with Crippen LogP contribution in [0.25, 0.3) is 0 Å². The summed E-state index contributed by atoms with van der Waals surface area (Å²) in [5.74, 6) is 0.577. The molecule has 18 heavy (non-hydrogen) atoms. The number of benzene rings is 1. The molecule has 4 nitrogen and oxygen atoms in total. The molecule has 0 bridgehead atoms. The maximum Gasteiger partial charge on any atom is 0.260 e. The number of amides is 1. The minimum Gasteiger partial charge on any atom is -0.483 e. The number of halogens is 1. The zero-order valence-electron chi connectivity index (χ0n) is 10.2. The van der Waals surface area contributed by atoms with Crippen LogP contribution in [0.2, 0.25) is 0 Å². The highest BCUT2D eigenvalue weighted by Crippen LogP contribution is 2.25. The predicted molar refractivity (Wildman–Crippen MR) is 71.6 cm³/mol. The Morgan fingerprint density at radius 3 is 3.00 bits per heavy atom. The quantitative estimate of drug-likeness (QED) is 0.924. The van der Waals surface area contributed by atoms with E-state index in [1.807, 2.05) is 25.1 Å². The molecule has 0 aliphatic carbocycles. The maximum atomic E-state index is 11.8. The highest BCUT2D eigenvalue weighted by atomic mass is 79.9.